The smallest absolute Gasteiger partial charge is 0.339 e. The van der Waals surface area contributed by atoms with Gasteiger partial charge >= 0.3 is 5.97 Å². The number of nitrogens with two attached hydrogens (primary N) is 1. The van der Waals surface area contributed by atoms with E-state index in [0.29, 0.717) is 12.3 Å². The Morgan fingerprint density at radius 3 is 2.93 bits per heavy atom. The summed E-state index contributed by atoms with van der Waals surface area (Å²) >= 11 is 5.88. The molecule has 0 aromatic carbocycles. The maximum absolute atomic E-state index is 11.4. The Balaban J connectivity index is 3.13. The first-order valence-electron chi connectivity index (χ1n) is 4.16. The van der Waals surface area contributed by atoms with Crippen molar-refractivity contribution in [3.63, 3.8) is 0 Å². The van der Waals surface area contributed by atoms with E-state index in [0.717, 1.165) is 0 Å². The lowest BCUT2D eigenvalue weighted by atomic mass is 10.2. The Hall–Kier alpha value is -1.29. The van der Waals surface area contributed by atoms with Gasteiger partial charge in [-0.1, -0.05) is 11.6 Å². The number of rotatable bonds is 2. The van der Waals surface area contributed by atoms with Crippen molar-refractivity contribution in [2.45, 2.75) is 13.8 Å². The lowest BCUT2D eigenvalue weighted by Gasteiger charge is -2.06. The first kappa shape index (κ1) is 10.8. The summed E-state index contributed by atoms with van der Waals surface area (Å²) < 4.78 is 4.81. The van der Waals surface area contributed by atoms with E-state index in [4.69, 9.17) is 22.1 Å². The molecule has 2 N–H and O–H groups in total. The minimum absolute atomic E-state index is 0.259. The molecule has 0 atom stereocenters. The van der Waals surface area contributed by atoms with Crippen LogP contribution >= 0.6 is 11.6 Å². The van der Waals surface area contributed by atoms with Crippen LogP contribution in [0.15, 0.2) is 6.07 Å². The molecule has 0 fully saturated rings. The number of carbonyl (C=O) groups excluding carboxylic acids is 1. The first-order chi connectivity index (χ1) is 6.56. The van der Waals surface area contributed by atoms with Crippen molar-refractivity contribution in [3.8, 4) is 0 Å². The van der Waals surface area contributed by atoms with Crippen LogP contribution < -0.4 is 5.73 Å². The van der Waals surface area contributed by atoms with Crippen LogP contribution in [-0.4, -0.2) is 17.6 Å². The molecule has 5 heteroatoms. The highest BCUT2D eigenvalue weighted by Gasteiger charge is 2.14. The number of nitrogens with zero attached hydrogens (tertiary/aromatic N) is 1. The second-order valence-corrected chi connectivity index (χ2v) is 3.09. The predicted molar refractivity (Wildman–Crippen MR) is 54.4 cm³/mol. The molecule has 1 aromatic heterocycles. The second kappa shape index (κ2) is 4.28. The highest BCUT2D eigenvalue weighted by molar-refractivity contribution is 6.34. The average Bonchev–Trinajstić information content (AvgIpc) is 2.11. The van der Waals surface area contributed by atoms with Gasteiger partial charge in [0.15, 0.2) is 0 Å². The third kappa shape index (κ3) is 2.14. The zero-order chi connectivity index (χ0) is 10.7. The lowest BCUT2D eigenvalue weighted by Crippen LogP contribution is -2.08. The lowest BCUT2D eigenvalue weighted by molar-refractivity contribution is 0.0526. The van der Waals surface area contributed by atoms with E-state index in [1.165, 1.54) is 6.07 Å². The Bertz CT molecular complexity index is 366. The number of pyridine rings is 1. The van der Waals surface area contributed by atoms with Crippen molar-refractivity contribution in [2.75, 3.05) is 12.3 Å². The minimum Gasteiger partial charge on any atom is -0.462 e. The second-order valence-electron chi connectivity index (χ2n) is 2.71. The molecular weight excluding hydrogens is 204 g/mol. The molecule has 1 rings (SSSR count). The fourth-order valence-electron chi connectivity index (χ4n) is 1.04. The Labute approximate surface area is 87.0 Å². The zero-order valence-electron chi connectivity index (χ0n) is 8.00. The molecule has 0 amide bonds. The topological polar surface area (TPSA) is 65.2 Å². The van der Waals surface area contributed by atoms with Gasteiger partial charge in [-0.15, -0.1) is 0 Å². The molecule has 0 aliphatic rings. The van der Waals surface area contributed by atoms with Crippen molar-refractivity contribution < 1.29 is 9.53 Å². The van der Waals surface area contributed by atoms with Gasteiger partial charge in [-0.2, -0.15) is 0 Å². The molecule has 0 aliphatic carbocycles. The summed E-state index contributed by atoms with van der Waals surface area (Å²) in [6.07, 6.45) is 0. The highest BCUT2D eigenvalue weighted by atomic mass is 35.5. The molecule has 0 saturated heterocycles. The molecule has 1 heterocycles. The Kier molecular flexibility index (Phi) is 3.30. The predicted octanol–water partition coefficient (Wildman–Crippen LogP) is 1.80. The van der Waals surface area contributed by atoms with Crippen LogP contribution in [0.25, 0.3) is 0 Å². The van der Waals surface area contributed by atoms with Crippen LogP contribution in [0.4, 0.5) is 5.82 Å². The summed E-state index contributed by atoms with van der Waals surface area (Å²) in [6, 6.07) is 1.41. The van der Waals surface area contributed by atoms with Gasteiger partial charge in [-0.05, 0) is 19.9 Å². The fraction of sp³-hybridized carbons (Fsp3) is 0.333. The van der Waals surface area contributed by atoms with Crippen molar-refractivity contribution in [3.05, 3.63) is 22.3 Å². The maximum atomic E-state index is 11.4. The Morgan fingerprint density at radius 1 is 1.71 bits per heavy atom. The number of hydrogen-bond acceptors (Lipinski definition) is 4. The van der Waals surface area contributed by atoms with Crippen LogP contribution in [0.2, 0.25) is 5.02 Å². The molecule has 0 saturated carbocycles. The van der Waals surface area contributed by atoms with Gasteiger partial charge in [0, 0.05) is 0 Å². The quantitative estimate of drug-likeness (QED) is 0.763. The van der Waals surface area contributed by atoms with E-state index in [1.54, 1.807) is 13.8 Å². The van der Waals surface area contributed by atoms with Gasteiger partial charge in [0.1, 0.15) is 5.82 Å². The highest BCUT2D eigenvalue weighted by Crippen LogP contribution is 2.21. The molecule has 0 aliphatic heterocycles. The number of aromatic nitrogens is 1. The number of hydrogen-bond donors (Lipinski definition) is 1. The van der Waals surface area contributed by atoms with Gasteiger partial charge in [0.25, 0.3) is 0 Å². The molecule has 0 radical (unpaired) electrons. The van der Waals surface area contributed by atoms with E-state index >= 15 is 0 Å². The van der Waals surface area contributed by atoms with Crippen LogP contribution in [0.3, 0.4) is 0 Å². The van der Waals surface area contributed by atoms with Gasteiger partial charge in [0.2, 0.25) is 0 Å². The maximum Gasteiger partial charge on any atom is 0.339 e. The SMILES string of the molecule is CCOC(=O)c1cc(N)nc(C)c1Cl. The van der Waals surface area contributed by atoms with Crippen molar-refractivity contribution in [2.24, 2.45) is 0 Å². The molecule has 0 unspecified atom stereocenters. The van der Waals surface area contributed by atoms with Crippen LogP contribution in [0.5, 0.6) is 0 Å². The zero-order valence-corrected chi connectivity index (χ0v) is 8.76. The van der Waals surface area contributed by atoms with E-state index in [-0.39, 0.29) is 16.4 Å². The largest absolute Gasteiger partial charge is 0.462 e. The number of ether oxygens (including phenoxy) is 1. The number of aryl methyl sites for hydroxylation is 1. The fourth-order valence-corrected chi connectivity index (χ4v) is 1.21. The number of anilines is 1. The van der Waals surface area contributed by atoms with Crippen molar-refractivity contribution in [1.29, 1.82) is 0 Å². The number of esters is 1. The molecule has 76 valence electrons. The number of carbonyl (C=O) groups is 1. The van der Waals surface area contributed by atoms with Gasteiger partial charge in [-0.3, -0.25) is 0 Å². The number of halogens is 1. The normalized spacial score (nSPS) is 9.93. The third-order valence-electron chi connectivity index (χ3n) is 1.64. The summed E-state index contributed by atoms with van der Waals surface area (Å²) in [5, 5.41) is 0.289. The summed E-state index contributed by atoms with van der Waals surface area (Å²) in [7, 11) is 0. The van der Waals surface area contributed by atoms with E-state index in [9.17, 15) is 4.79 Å². The van der Waals surface area contributed by atoms with Gasteiger partial charge in [0.05, 0.1) is 22.9 Å². The summed E-state index contributed by atoms with van der Waals surface area (Å²) in [5.41, 5.74) is 6.27. The number of nitrogen functional groups attached to an aromatic ring is 1. The van der Waals surface area contributed by atoms with Crippen molar-refractivity contribution in [1.82, 2.24) is 4.98 Å². The summed E-state index contributed by atoms with van der Waals surface area (Å²) in [4.78, 5) is 15.3. The monoisotopic (exact) mass is 214 g/mol. The third-order valence-corrected chi connectivity index (χ3v) is 2.12. The molecular formula is C9H11ClN2O2. The molecule has 0 bridgehead atoms. The van der Waals surface area contributed by atoms with Gasteiger partial charge < -0.3 is 10.5 Å². The van der Waals surface area contributed by atoms with E-state index in [2.05, 4.69) is 4.98 Å². The summed E-state index contributed by atoms with van der Waals surface area (Å²) in [6.45, 7) is 3.71. The Morgan fingerprint density at radius 2 is 2.36 bits per heavy atom. The van der Waals surface area contributed by atoms with Crippen LogP contribution in [0.1, 0.15) is 23.0 Å². The van der Waals surface area contributed by atoms with Crippen molar-refractivity contribution >= 4 is 23.4 Å². The minimum atomic E-state index is -0.477. The van der Waals surface area contributed by atoms with Gasteiger partial charge in [-0.25, -0.2) is 9.78 Å². The van der Waals surface area contributed by atoms with Crippen LogP contribution in [0, 0.1) is 6.92 Å². The average molecular weight is 215 g/mol. The first-order valence-corrected chi connectivity index (χ1v) is 4.53. The molecule has 4 nitrogen and oxygen atoms in total. The molecule has 1 aromatic rings. The van der Waals surface area contributed by atoms with E-state index < -0.39 is 5.97 Å². The standard InChI is InChI=1S/C9H11ClN2O2/c1-3-14-9(13)6-4-7(11)12-5(2)8(6)10/h4H,3H2,1-2H3,(H2,11,12). The summed E-state index contributed by atoms with van der Waals surface area (Å²) in [5.74, 6) is -0.218. The molecule has 0 spiro atoms. The van der Waals surface area contributed by atoms with Crippen LogP contribution in [-0.2, 0) is 4.74 Å². The van der Waals surface area contributed by atoms with E-state index in [1.807, 2.05) is 0 Å². The molecule has 14 heavy (non-hydrogen) atoms.